The zero-order chi connectivity index (χ0) is 14.5. The van der Waals surface area contributed by atoms with Crippen molar-refractivity contribution in [3.8, 4) is 11.6 Å². The Bertz CT molecular complexity index is 588. The molecule has 1 heterocycles. The van der Waals surface area contributed by atoms with Gasteiger partial charge in [0.2, 0.25) is 5.88 Å². The van der Waals surface area contributed by atoms with Crippen molar-refractivity contribution in [2.75, 3.05) is 0 Å². The summed E-state index contributed by atoms with van der Waals surface area (Å²) < 4.78 is 31.9. The van der Waals surface area contributed by atoms with Crippen molar-refractivity contribution >= 4 is 0 Å². The Hall–Kier alpha value is -2.01. The minimum Gasteiger partial charge on any atom is -0.439 e. The third kappa shape index (κ3) is 3.99. The van der Waals surface area contributed by atoms with E-state index in [4.69, 9.17) is 4.74 Å². The molecule has 0 fully saturated rings. The molecule has 106 valence electrons. The van der Waals surface area contributed by atoms with Gasteiger partial charge in [-0.2, -0.15) is 0 Å². The van der Waals surface area contributed by atoms with Crippen LogP contribution >= 0.6 is 0 Å². The number of nitrogens with zero attached hydrogens (tertiary/aromatic N) is 1. The van der Waals surface area contributed by atoms with Crippen LogP contribution in [0.5, 0.6) is 11.6 Å². The fraction of sp³-hybridized carbons (Fsp3) is 0.267. The highest BCUT2D eigenvalue weighted by molar-refractivity contribution is 5.32. The van der Waals surface area contributed by atoms with Crippen LogP contribution in [0.3, 0.4) is 0 Å². The third-order valence-electron chi connectivity index (χ3n) is 2.60. The van der Waals surface area contributed by atoms with Crippen LogP contribution in [0.1, 0.15) is 19.4 Å². The fourth-order valence-corrected chi connectivity index (χ4v) is 1.64. The summed E-state index contributed by atoms with van der Waals surface area (Å²) in [5.74, 6) is -0.233. The number of hydrogen-bond donors (Lipinski definition) is 1. The number of hydrogen-bond acceptors (Lipinski definition) is 3. The summed E-state index contributed by atoms with van der Waals surface area (Å²) in [6, 6.07) is 7.35. The molecular formula is C15H16F2N2O. The topological polar surface area (TPSA) is 34.2 Å². The summed E-state index contributed by atoms with van der Waals surface area (Å²) in [7, 11) is 0. The van der Waals surface area contributed by atoms with Gasteiger partial charge in [-0.05, 0) is 18.2 Å². The van der Waals surface area contributed by atoms with E-state index < -0.39 is 11.6 Å². The first-order valence-corrected chi connectivity index (χ1v) is 6.36. The Balaban J connectivity index is 2.21. The van der Waals surface area contributed by atoms with Crippen molar-refractivity contribution < 1.29 is 13.5 Å². The molecule has 0 atom stereocenters. The van der Waals surface area contributed by atoms with Crippen LogP contribution in [0, 0.1) is 11.6 Å². The molecule has 0 saturated carbocycles. The van der Waals surface area contributed by atoms with Crippen molar-refractivity contribution in [1.82, 2.24) is 10.3 Å². The van der Waals surface area contributed by atoms with Crippen molar-refractivity contribution in [3.63, 3.8) is 0 Å². The molecule has 0 unspecified atom stereocenters. The van der Waals surface area contributed by atoms with Crippen molar-refractivity contribution in [3.05, 3.63) is 53.7 Å². The number of ether oxygens (including phenoxy) is 1. The Morgan fingerprint density at radius 3 is 2.70 bits per heavy atom. The van der Waals surface area contributed by atoms with Crippen LogP contribution in [0.25, 0.3) is 0 Å². The van der Waals surface area contributed by atoms with Crippen molar-refractivity contribution in [2.45, 2.75) is 26.4 Å². The molecule has 3 nitrogen and oxygen atoms in total. The molecule has 1 N–H and O–H groups in total. The van der Waals surface area contributed by atoms with Crippen LogP contribution in [0.4, 0.5) is 8.78 Å². The average molecular weight is 278 g/mol. The van der Waals surface area contributed by atoms with Crippen LogP contribution in [-0.4, -0.2) is 11.0 Å². The van der Waals surface area contributed by atoms with E-state index in [-0.39, 0.29) is 11.9 Å². The van der Waals surface area contributed by atoms with Crippen LogP contribution < -0.4 is 10.1 Å². The van der Waals surface area contributed by atoms with Gasteiger partial charge in [0.1, 0.15) is 17.4 Å². The van der Waals surface area contributed by atoms with Gasteiger partial charge in [0.05, 0.1) is 6.20 Å². The van der Waals surface area contributed by atoms with E-state index in [2.05, 4.69) is 10.3 Å². The van der Waals surface area contributed by atoms with Gasteiger partial charge in [-0.1, -0.05) is 19.9 Å². The maximum atomic E-state index is 13.3. The second-order valence-electron chi connectivity index (χ2n) is 4.71. The molecule has 1 aromatic heterocycles. The first kappa shape index (κ1) is 14.4. The van der Waals surface area contributed by atoms with Gasteiger partial charge >= 0.3 is 0 Å². The highest BCUT2D eigenvalue weighted by Gasteiger charge is 2.09. The van der Waals surface area contributed by atoms with E-state index in [9.17, 15) is 8.78 Å². The Labute approximate surface area is 116 Å². The number of nitrogens with one attached hydrogen (secondary N) is 1. The Morgan fingerprint density at radius 2 is 2.00 bits per heavy atom. The van der Waals surface area contributed by atoms with Gasteiger partial charge in [0, 0.05) is 24.2 Å². The smallest absolute Gasteiger partial charge is 0.223 e. The van der Waals surface area contributed by atoms with Gasteiger partial charge in [-0.15, -0.1) is 0 Å². The maximum Gasteiger partial charge on any atom is 0.223 e. The lowest BCUT2D eigenvalue weighted by atomic mass is 10.2. The molecule has 0 aliphatic heterocycles. The third-order valence-corrected chi connectivity index (χ3v) is 2.60. The molecule has 5 heteroatoms. The highest BCUT2D eigenvalue weighted by atomic mass is 19.1. The number of aromatic nitrogens is 1. The first-order valence-electron chi connectivity index (χ1n) is 6.36. The summed E-state index contributed by atoms with van der Waals surface area (Å²) >= 11 is 0. The van der Waals surface area contributed by atoms with E-state index in [0.717, 1.165) is 6.20 Å². The fourth-order valence-electron chi connectivity index (χ4n) is 1.64. The van der Waals surface area contributed by atoms with E-state index in [1.54, 1.807) is 12.1 Å². The van der Waals surface area contributed by atoms with Gasteiger partial charge in [0.15, 0.2) is 0 Å². The summed E-state index contributed by atoms with van der Waals surface area (Å²) in [5.41, 5.74) is 0.586. The number of benzene rings is 1. The summed E-state index contributed by atoms with van der Waals surface area (Å²) in [5, 5.41) is 3.17. The summed E-state index contributed by atoms with van der Waals surface area (Å²) in [6.07, 6.45) is 1.08. The normalized spacial score (nSPS) is 10.8. The van der Waals surface area contributed by atoms with Gasteiger partial charge in [0.25, 0.3) is 0 Å². The molecule has 1 aromatic carbocycles. The molecule has 0 bridgehead atoms. The molecule has 20 heavy (non-hydrogen) atoms. The second-order valence-corrected chi connectivity index (χ2v) is 4.71. The molecule has 0 aliphatic carbocycles. The number of halogens is 2. The largest absolute Gasteiger partial charge is 0.439 e. The minimum atomic E-state index is -0.433. The standard InChI is InChI=1S/C15H16F2N2O/c1-10(2)18-8-11-6-13(17)9-19-15(11)20-14-5-3-4-12(16)7-14/h3-7,9-10,18H,8H2,1-2H3. The molecule has 0 aliphatic rings. The van der Waals surface area contributed by atoms with Crippen molar-refractivity contribution in [1.29, 1.82) is 0 Å². The summed E-state index contributed by atoms with van der Waals surface area (Å²) in [4.78, 5) is 3.92. The highest BCUT2D eigenvalue weighted by Crippen LogP contribution is 2.24. The Kier molecular flexibility index (Phi) is 4.63. The van der Waals surface area contributed by atoms with Crippen LogP contribution in [-0.2, 0) is 6.54 Å². The Morgan fingerprint density at radius 1 is 1.20 bits per heavy atom. The lowest BCUT2D eigenvalue weighted by Gasteiger charge is -2.12. The molecule has 0 amide bonds. The van der Waals surface area contributed by atoms with Gasteiger partial charge in [-0.3, -0.25) is 0 Å². The monoisotopic (exact) mass is 278 g/mol. The number of rotatable bonds is 5. The molecule has 2 aromatic rings. The lowest BCUT2D eigenvalue weighted by Crippen LogP contribution is -2.22. The molecule has 0 saturated heterocycles. The molecule has 0 spiro atoms. The van der Waals surface area contributed by atoms with Crippen molar-refractivity contribution in [2.24, 2.45) is 0 Å². The second kappa shape index (κ2) is 6.43. The molecule has 2 rings (SSSR count). The minimum absolute atomic E-state index is 0.250. The van der Waals surface area contributed by atoms with E-state index in [0.29, 0.717) is 17.9 Å². The lowest BCUT2D eigenvalue weighted by molar-refractivity contribution is 0.442. The van der Waals surface area contributed by atoms with E-state index in [1.807, 2.05) is 13.8 Å². The quantitative estimate of drug-likeness (QED) is 0.906. The van der Waals surface area contributed by atoms with E-state index >= 15 is 0 Å². The number of pyridine rings is 1. The maximum absolute atomic E-state index is 13.3. The summed E-state index contributed by atoms with van der Waals surface area (Å²) in [6.45, 7) is 4.40. The predicted octanol–water partition coefficient (Wildman–Crippen LogP) is 3.65. The zero-order valence-electron chi connectivity index (χ0n) is 11.4. The molecular weight excluding hydrogens is 262 g/mol. The SMILES string of the molecule is CC(C)NCc1cc(F)cnc1Oc1cccc(F)c1. The molecule has 0 radical (unpaired) electrons. The van der Waals surface area contributed by atoms with Gasteiger partial charge < -0.3 is 10.1 Å². The van der Waals surface area contributed by atoms with E-state index in [1.165, 1.54) is 18.2 Å². The van der Waals surface area contributed by atoms with Crippen LogP contribution in [0.2, 0.25) is 0 Å². The van der Waals surface area contributed by atoms with Gasteiger partial charge in [-0.25, -0.2) is 13.8 Å². The predicted molar refractivity (Wildman–Crippen MR) is 72.6 cm³/mol. The zero-order valence-corrected chi connectivity index (χ0v) is 11.4. The average Bonchev–Trinajstić information content (AvgIpc) is 2.39. The van der Waals surface area contributed by atoms with Crippen LogP contribution in [0.15, 0.2) is 36.5 Å². The first-order chi connectivity index (χ1) is 9.54.